The first-order valence-corrected chi connectivity index (χ1v) is 6.98. The van der Waals surface area contributed by atoms with Crippen LogP contribution < -0.4 is 11.1 Å². The van der Waals surface area contributed by atoms with E-state index in [9.17, 15) is 19.5 Å². The zero-order valence-corrected chi connectivity index (χ0v) is 11.4. The van der Waals surface area contributed by atoms with Gasteiger partial charge < -0.3 is 21.1 Å². The summed E-state index contributed by atoms with van der Waals surface area (Å²) in [5.41, 5.74) is 5.20. The van der Waals surface area contributed by atoms with Crippen molar-refractivity contribution < 1.29 is 19.5 Å². The number of nitrogens with one attached hydrogen (secondary N) is 1. The summed E-state index contributed by atoms with van der Waals surface area (Å²) in [7, 11) is 0. The summed E-state index contributed by atoms with van der Waals surface area (Å²) in [5.74, 6) is -1.91. The Labute approximate surface area is 119 Å². The number of carbonyl (C=O) groups excluding carboxylic acids is 2. The highest BCUT2D eigenvalue weighted by Gasteiger charge is 2.32. The maximum Gasteiger partial charge on any atom is 0.331 e. The largest absolute Gasteiger partial charge is 0.479 e. The fourth-order valence-corrected chi connectivity index (χ4v) is 2.87. The Morgan fingerprint density at radius 1 is 1.50 bits per heavy atom. The second kappa shape index (κ2) is 5.91. The summed E-state index contributed by atoms with van der Waals surface area (Å²) < 4.78 is 0. The summed E-state index contributed by atoms with van der Waals surface area (Å²) in [6.07, 6.45) is 0.513. The summed E-state index contributed by atoms with van der Waals surface area (Å²) in [4.78, 5) is 36.3. The molecule has 7 nitrogen and oxygen atoms in total. The van der Waals surface area contributed by atoms with Gasteiger partial charge in [-0.15, -0.1) is 11.3 Å². The third-order valence-electron chi connectivity index (χ3n) is 3.22. The second-order valence-corrected chi connectivity index (χ2v) is 5.55. The summed E-state index contributed by atoms with van der Waals surface area (Å²) in [6, 6.07) is 1.81. The lowest BCUT2D eigenvalue weighted by Gasteiger charge is -2.20. The molecular formula is C12H15N3O4S. The highest BCUT2D eigenvalue weighted by atomic mass is 32.1. The number of carboxylic acids is 1. The van der Waals surface area contributed by atoms with E-state index < -0.39 is 23.9 Å². The molecule has 1 aliphatic rings. The standard InChI is InChI=1S/C12H15N3O4S/c13-10(16)7-3-4-15(6-7)12(19)14-9(11(17)18)8-2-1-5-20-8/h1-2,5,7,9H,3-4,6H2,(H2,13,16)(H,14,19)(H,17,18). The van der Waals surface area contributed by atoms with Crippen molar-refractivity contribution in [2.24, 2.45) is 11.7 Å². The van der Waals surface area contributed by atoms with Crippen molar-refractivity contribution in [3.63, 3.8) is 0 Å². The molecule has 1 fully saturated rings. The van der Waals surface area contributed by atoms with Gasteiger partial charge in [0.15, 0.2) is 6.04 Å². The zero-order chi connectivity index (χ0) is 14.7. The predicted octanol–water partition coefficient (Wildman–Crippen LogP) is 0.391. The van der Waals surface area contributed by atoms with Crippen LogP contribution in [0.2, 0.25) is 0 Å². The Hall–Kier alpha value is -2.09. The lowest BCUT2D eigenvalue weighted by atomic mass is 10.1. The number of urea groups is 1. The third-order valence-corrected chi connectivity index (χ3v) is 4.16. The molecule has 2 unspecified atom stereocenters. The molecule has 4 N–H and O–H groups in total. The monoisotopic (exact) mass is 297 g/mol. The minimum absolute atomic E-state index is 0.234. The Balaban J connectivity index is 2.00. The number of likely N-dealkylation sites (tertiary alicyclic amines) is 1. The maximum atomic E-state index is 12.0. The number of aliphatic carboxylic acids is 1. The lowest BCUT2D eigenvalue weighted by molar-refractivity contribution is -0.139. The average Bonchev–Trinajstić information content (AvgIpc) is 3.05. The van der Waals surface area contributed by atoms with Gasteiger partial charge in [-0.2, -0.15) is 0 Å². The van der Waals surface area contributed by atoms with E-state index in [1.165, 1.54) is 16.2 Å². The van der Waals surface area contributed by atoms with Crippen LogP contribution in [0.4, 0.5) is 4.79 Å². The van der Waals surface area contributed by atoms with Crippen molar-refractivity contribution in [2.75, 3.05) is 13.1 Å². The Morgan fingerprint density at radius 2 is 2.25 bits per heavy atom. The molecule has 1 aromatic heterocycles. The summed E-state index contributed by atoms with van der Waals surface area (Å²) in [5, 5.41) is 13.4. The predicted molar refractivity (Wildman–Crippen MR) is 72.1 cm³/mol. The average molecular weight is 297 g/mol. The molecule has 1 aromatic rings. The molecule has 0 aromatic carbocycles. The first-order valence-electron chi connectivity index (χ1n) is 6.10. The second-order valence-electron chi connectivity index (χ2n) is 4.57. The lowest BCUT2D eigenvalue weighted by Crippen LogP contribution is -2.43. The first kappa shape index (κ1) is 14.3. The quantitative estimate of drug-likeness (QED) is 0.746. The number of rotatable bonds is 4. The highest BCUT2D eigenvalue weighted by Crippen LogP contribution is 2.21. The minimum Gasteiger partial charge on any atom is -0.479 e. The maximum absolute atomic E-state index is 12.0. The zero-order valence-electron chi connectivity index (χ0n) is 10.6. The molecular weight excluding hydrogens is 282 g/mol. The van der Waals surface area contributed by atoms with Crippen LogP contribution in [-0.2, 0) is 9.59 Å². The van der Waals surface area contributed by atoms with Crippen LogP contribution in [0.5, 0.6) is 0 Å². The van der Waals surface area contributed by atoms with Gasteiger partial charge in [0.25, 0.3) is 0 Å². The number of nitrogens with zero attached hydrogens (tertiary/aromatic N) is 1. The number of amides is 3. The van der Waals surface area contributed by atoms with Gasteiger partial charge in [-0.05, 0) is 17.9 Å². The van der Waals surface area contributed by atoms with Crippen LogP contribution in [0.25, 0.3) is 0 Å². The van der Waals surface area contributed by atoms with Gasteiger partial charge in [-0.25, -0.2) is 9.59 Å². The van der Waals surface area contributed by atoms with E-state index in [0.29, 0.717) is 17.8 Å². The van der Waals surface area contributed by atoms with Crippen molar-refractivity contribution in [3.05, 3.63) is 22.4 Å². The molecule has 20 heavy (non-hydrogen) atoms. The van der Waals surface area contributed by atoms with Gasteiger partial charge in [0.2, 0.25) is 5.91 Å². The fraction of sp³-hybridized carbons (Fsp3) is 0.417. The number of hydrogen-bond acceptors (Lipinski definition) is 4. The SMILES string of the molecule is NC(=O)C1CCN(C(=O)NC(C(=O)O)c2cccs2)C1. The minimum atomic E-state index is -1.12. The van der Waals surface area contributed by atoms with Crippen LogP contribution in [-0.4, -0.2) is 41.0 Å². The number of nitrogens with two attached hydrogens (primary N) is 1. The molecule has 2 heterocycles. The van der Waals surface area contributed by atoms with Crippen LogP contribution in [0, 0.1) is 5.92 Å². The number of carbonyl (C=O) groups is 3. The van der Waals surface area contributed by atoms with Gasteiger partial charge in [-0.3, -0.25) is 4.79 Å². The smallest absolute Gasteiger partial charge is 0.331 e. The van der Waals surface area contributed by atoms with E-state index >= 15 is 0 Å². The fourth-order valence-electron chi connectivity index (χ4n) is 2.10. The van der Waals surface area contributed by atoms with Gasteiger partial charge in [-0.1, -0.05) is 6.07 Å². The molecule has 0 saturated carbocycles. The van der Waals surface area contributed by atoms with E-state index in [0.717, 1.165) is 0 Å². The van der Waals surface area contributed by atoms with Crippen molar-refractivity contribution >= 4 is 29.2 Å². The molecule has 3 amide bonds. The Morgan fingerprint density at radius 3 is 2.75 bits per heavy atom. The van der Waals surface area contributed by atoms with Crippen LogP contribution >= 0.6 is 11.3 Å². The van der Waals surface area contributed by atoms with Crippen LogP contribution in [0.15, 0.2) is 17.5 Å². The topological polar surface area (TPSA) is 113 Å². The number of thiophene rings is 1. The van der Waals surface area contributed by atoms with Gasteiger partial charge >= 0.3 is 12.0 Å². The molecule has 2 atom stereocenters. The number of hydrogen-bond donors (Lipinski definition) is 3. The molecule has 0 radical (unpaired) electrons. The molecule has 1 aliphatic heterocycles. The summed E-state index contributed by atoms with van der Waals surface area (Å²) in [6.45, 7) is 0.633. The Bertz CT molecular complexity index is 517. The highest BCUT2D eigenvalue weighted by molar-refractivity contribution is 7.10. The molecule has 2 rings (SSSR count). The van der Waals surface area contributed by atoms with E-state index in [2.05, 4.69) is 5.32 Å². The normalized spacial score (nSPS) is 19.6. The van der Waals surface area contributed by atoms with Crippen molar-refractivity contribution in [2.45, 2.75) is 12.5 Å². The molecule has 0 spiro atoms. The first-order chi connectivity index (χ1) is 9.49. The molecule has 0 aliphatic carbocycles. The van der Waals surface area contributed by atoms with Gasteiger partial charge in [0, 0.05) is 18.0 Å². The van der Waals surface area contributed by atoms with E-state index in [4.69, 9.17) is 5.73 Å². The number of carboxylic acid groups (broad SMARTS) is 1. The van der Waals surface area contributed by atoms with Crippen molar-refractivity contribution in [1.82, 2.24) is 10.2 Å². The van der Waals surface area contributed by atoms with E-state index in [1.54, 1.807) is 17.5 Å². The van der Waals surface area contributed by atoms with Crippen LogP contribution in [0.1, 0.15) is 17.3 Å². The van der Waals surface area contributed by atoms with Crippen molar-refractivity contribution in [1.29, 1.82) is 0 Å². The molecule has 0 bridgehead atoms. The third kappa shape index (κ3) is 3.08. The molecule has 1 saturated heterocycles. The van der Waals surface area contributed by atoms with E-state index in [1.807, 2.05) is 0 Å². The summed E-state index contributed by atoms with van der Waals surface area (Å²) >= 11 is 1.26. The van der Waals surface area contributed by atoms with Crippen molar-refractivity contribution in [3.8, 4) is 0 Å². The number of primary amides is 1. The molecule has 108 valence electrons. The van der Waals surface area contributed by atoms with Gasteiger partial charge in [0.1, 0.15) is 0 Å². The van der Waals surface area contributed by atoms with Crippen LogP contribution in [0.3, 0.4) is 0 Å². The van der Waals surface area contributed by atoms with E-state index in [-0.39, 0.29) is 12.5 Å². The van der Waals surface area contributed by atoms with Gasteiger partial charge in [0.05, 0.1) is 5.92 Å². The Kier molecular flexibility index (Phi) is 4.23. The molecule has 8 heteroatoms.